The molecule has 23 heavy (non-hydrogen) atoms. The summed E-state index contributed by atoms with van der Waals surface area (Å²) in [6.07, 6.45) is 5.65. The number of amides is 1. The lowest BCUT2D eigenvalue weighted by Gasteiger charge is -2.26. The van der Waals surface area contributed by atoms with Crippen molar-refractivity contribution in [1.29, 1.82) is 0 Å². The van der Waals surface area contributed by atoms with Crippen molar-refractivity contribution >= 4 is 17.2 Å². The largest absolute Gasteiger partial charge is 0.337 e. The maximum atomic E-state index is 13.2. The van der Waals surface area contributed by atoms with Gasteiger partial charge in [-0.1, -0.05) is 12.1 Å². The first kappa shape index (κ1) is 14.8. The summed E-state index contributed by atoms with van der Waals surface area (Å²) < 4.78 is 13.2. The Balaban J connectivity index is 1.71. The normalized spacial score (nSPS) is 18.2. The first-order valence-corrected chi connectivity index (χ1v) is 9.10. The lowest BCUT2D eigenvalue weighted by atomic mass is 10.1. The van der Waals surface area contributed by atoms with Crippen LogP contribution in [0.5, 0.6) is 0 Å². The van der Waals surface area contributed by atoms with Crippen LogP contribution < -0.4 is 0 Å². The van der Waals surface area contributed by atoms with Crippen LogP contribution in [-0.4, -0.2) is 28.9 Å². The number of likely N-dealkylation sites (tertiary alicyclic amines) is 1. The third kappa shape index (κ3) is 3.02. The first-order valence-electron chi connectivity index (χ1n) is 8.28. The molecule has 0 radical (unpaired) electrons. The topological polar surface area (TPSA) is 33.2 Å². The third-order valence-electron chi connectivity index (χ3n) is 4.52. The van der Waals surface area contributed by atoms with Crippen molar-refractivity contribution in [3.63, 3.8) is 0 Å². The molecule has 1 saturated heterocycles. The molecule has 2 aromatic rings. The molecule has 1 aliphatic heterocycles. The van der Waals surface area contributed by atoms with E-state index >= 15 is 0 Å². The predicted octanol–water partition coefficient (Wildman–Crippen LogP) is 4.45. The van der Waals surface area contributed by atoms with E-state index in [1.807, 2.05) is 4.90 Å². The lowest BCUT2D eigenvalue weighted by Crippen LogP contribution is -2.36. The summed E-state index contributed by atoms with van der Waals surface area (Å²) in [5.74, 6) is 0.291. The third-order valence-corrected chi connectivity index (χ3v) is 5.79. The molecule has 0 atom stereocenters. The number of nitrogens with zero attached hydrogens (tertiary/aromatic N) is 2. The van der Waals surface area contributed by atoms with Gasteiger partial charge in [0.2, 0.25) is 0 Å². The van der Waals surface area contributed by atoms with Gasteiger partial charge < -0.3 is 4.90 Å². The van der Waals surface area contributed by atoms with Crippen molar-refractivity contribution in [3.05, 3.63) is 40.8 Å². The fourth-order valence-corrected chi connectivity index (χ4v) is 4.26. The standard InChI is InChI=1S/C18H19FN2OS/c19-14-8-6-12(7-9-14)16-15(20-17(23-16)13-4-5-13)18(22)21-10-2-1-3-11-21/h6-9,13H,1-5,10-11H2. The van der Waals surface area contributed by atoms with E-state index in [9.17, 15) is 9.18 Å². The summed E-state index contributed by atoms with van der Waals surface area (Å²) >= 11 is 1.60. The van der Waals surface area contributed by atoms with Crippen LogP contribution in [0.2, 0.25) is 0 Å². The number of hydrogen-bond donors (Lipinski definition) is 0. The van der Waals surface area contributed by atoms with Crippen LogP contribution in [0.3, 0.4) is 0 Å². The van der Waals surface area contributed by atoms with Crippen LogP contribution in [0.15, 0.2) is 24.3 Å². The number of halogens is 1. The SMILES string of the molecule is O=C(c1nc(C2CC2)sc1-c1ccc(F)cc1)N1CCCCC1. The molecule has 0 bridgehead atoms. The Morgan fingerprint density at radius 2 is 1.83 bits per heavy atom. The Labute approximate surface area is 139 Å². The lowest BCUT2D eigenvalue weighted by molar-refractivity contribution is 0.0720. The van der Waals surface area contributed by atoms with Crippen LogP contribution in [0.25, 0.3) is 10.4 Å². The maximum Gasteiger partial charge on any atom is 0.273 e. The number of piperidine rings is 1. The quantitative estimate of drug-likeness (QED) is 0.833. The number of aromatic nitrogens is 1. The second-order valence-corrected chi connectivity index (χ2v) is 7.39. The molecule has 1 aromatic carbocycles. The summed E-state index contributed by atoms with van der Waals surface area (Å²) in [6, 6.07) is 6.38. The average Bonchev–Trinajstić information content (AvgIpc) is 3.35. The fraction of sp³-hybridized carbons (Fsp3) is 0.444. The van der Waals surface area contributed by atoms with Gasteiger partial charge in [-0.05, 0) is 49.8 Å². The molecule has 3 nitrogen and oxygen atoms in total. The van der Waals surface area contributed by atoms with E-state index in [0.717, 1.165) is 54.2 Å². The second kappa shape index (κ2) is 6.04. The van der Waals surface area contributed by atoms with Gasteiger partial charge in [-0.3, -0.25) is 4.79 Å². The van der Waals surface area contributed by atoms with Crippen molar-refractivity contribution in [2.45, 2.75) is 38.0 Å². The van der Waals surface area contributed by atoms with E-state index in [2.05, 4.69) is 4.98 Å². The molecule has 120 valence electrons. The molecule has 1 amide bonds. The van der Waals surface area contributed by atoms with Gasteiger partial charge >= 0.3 is 0 Å². The molecular weight excluding hydrogens is 311 g/mol. The minimum absolute atomic E-state index is 0.0344. The van der Waals surface area contributed by atoms with Crippen molar-refractivity contribution in [2.24, 2.45) is 0 Å². The molecule has 1 aliphatic carbocycles. The number of carbonyl (C=O) groups is 1. The Kier molecular flexibility index (Phi) is 3.89. The van der Waals surface area contributed by atoms with Gasteiger partial charge in [-0.25, -0.2) is 9.37 Å². The van der Waals surface area contributed by atoms with E-state index < -0.39 is 0 Å². The minimum atomic E-state index is -0.260. The zero-order valence-corrected chi connectivity index (χ0v) is 13.7. The maximum absolute atomic E-state index is 13.2. The summed E-state index contributed by atoms with van der Waals surface area (Å²) in [6.45, 7) is 1.63. The summed E-state index contributed by atoms with van der Waals surface area (Å²) in [7, 11) is 0. The molecule has 2 fully saturated rings. The van der Waals surface area contributed by atoms with Gasteiger partial charge in [0.1, 0.15) is 11.5 Å². The molecule has 5 heteroatoms. The Hall–Kier alpha value is -1.75. The number of benzene rings is 1. The van der Waals surface area contributed by atoms with Gasteiger partial charge in [0.05, 0.1) is 9.88 Å². The Morgan fingerprint density at radius 1 is 1.13 bits per heavy atom. The van der Waals surface area contributed by atoms with E-state index in [1.54, 1.807) is 23.5 Å². The number of carbonyl (C=O) groups excluding carboxylic acids is 1. The van der Waals surface area contributed by atoms with Gasteiger partial charge in [0, 0.05) is 19.0 Å². The zero-order valence-electron chi connectivity index (χ0n) is 12.9. The van der Waals surface area contributed by atoms with Gasteiger partial charge in [0.25, 0.3) is 5.91 Å². The van der Waals surface area contributed by atoms with E-state index in [-0.39, 0.29) is 11.7 Å². The van der Waals surface area contributed by atoms with Crippen LogP contribution in [0.4, 0.5) is 4.39 Å². The molecule has 4 rings (SSSR count). The van der Waals surface area contributed by atoms with E-state index in [0.29, 0.717) is 11.6 Å². The average molecular weight is 330 g/mol. The summed E-state index contributed by atoms with van der Waals surface area (Å²) in [4.78, 5) is 20.4. The first-order chi connectivity index (χ1) is 11.2. The van der Waals surface area contributed by atoms with Crippen molar-refractivity contribution in [2.75, 3.05) is 13.1 Å². The number of rotatable bonds is 3. The van der Waals surface area contributed by atoms with Crippen LogP contribution in [0.1, 0.15) is 53.5 Å². The molecular formula is C18H19FN2OS. The summed E-state index contributed by atoms with van der Waals surface area (Å²) in [5, 5.41) is 1.06. The van der Waals surface area contributed by atoms with Crippen LogP contribution in [-0.2, 0) is 0 Å². The second-order valence-electron chi connectivity index (χ2n) is 6.36. The molecule has 2 heterocycles. The fourth-order valence-electron chi connectivity index (χ4n) is 3.03. The van der Waals surface area contributed by atoms with E-state index in [4.69, 9.17) is 0 Å². The Morgan fingerprint density at radius 3 is 2.48 bits per heavy atom. The molecule has 0 N–H and O–H groups in total. The van der Waals surface area contributed by atoms with Crippen LogP contribution in [0, 0.1) is 5.82 Å². The molecule has 1 aromatic heterocycles. The van der Waals surface area contributed by atoms with Gasteiger partial charge in [-0.15, -0.1) is 11.3 Å². The number of hydrogen-bond acceptors (Lipinski definition) is 3. The molecule has 1 saturated carbocycles. The smallest absolute Gasteiger partial charge is 0.273 e. The van der Waals surface area contributed by atoms with Crippen molar-refractivity contribution < 1.29 is 9.18 Å². The van der Waals surface area contributed by atoms with E-state index in [1.165, 1.54) is 18.6 Å². The molecule has 0 unspecified atom stereocenters. The molecule has 2 aliphatic rings. The van der Waals surface area contributed by atoms with Gasteiger partial charge in [0.15, 0.2) is 0 Å². The molecule has 0 spiro atoms. The highest BCUT2D eigenvalue weighted by atomic mass is 32.1. The number of thiazole rings is 1. The highest BCUT2D eigenvalue weighted by molar-refractivity contribution is 7.15. The van der Waals surface area contributed by atoms with Crippen molar-refractivity contribution in [1.82, 2.24) is 9.88 Å². The Bertz CT molecular complexity index is 715. The summed E-state index contributed by atoms with van der Waals surface area (Å²) in [5.41, 5.74) is 1.45. The highest BCUT2D eigenvalue weighted by Gasteiger charge is 2.31. The van der Waals surface area contributed by atoms with Crippen LogP contribution >= 0.6 is 11.3 Å². The predicted molar refractivity (Wildman–Crippen MR) is 89.2 cm³/mol. The van der Waals surface area contributed by atoms with Crippen molar-refractivity contribution in [3.8, 4) is 10.4 Å². The van der Waals surface area contributed by atoms with Gasteiger partial charge in [-0.2, -0.15) is 0 Å². The monoisotopic (exact) mass is 330 g/mol. The highest BCUT2D eigenvalue weighted by Crippen LogP contribution is 2.45. The zero-order chi connectivity index (χ0) is 15.8. The minimum Gasteiger partial charge on any atom is -0.337 e.